The number of anilines is 1. The van der Waals surface area contributed by atoms with Crippen molar-refractivity contribution in [3.05, 3.63) is 27.0 Å². The summed E-state index contributed by atoms with van der Waals surface area (Å²) in [6, 6.07) is 3.38. The van der Waals surface area contributed by atoms with Gasteiger partial charge in [-0.2, -0.15) is 5.26 Å². The van der Waals surface area contributed by atoms with Crippen molar-refractivity contribution in [2.45, 2.75) is 18.9 Å². The van der Waals surface area contributed by atoms with Crippen LogP contribution in [0.4, 0.5) is 10.1 Å². The predicted molar refractivity (Wildman–Crippen MR) is 117 cm³/mol. The maximum atomic E-state index is 15.5. The lowest BCUT2D eigenvalue weighted by Gasteiger charge is -2.25. The Balaban J connectivity index is 1.69. The van der Waals surface area contributed by atoms with Gasteiger partial charge in [0.2, 0.25) is 5.43 Å². The van der Waals surface area contributed by atoms with Crippen molar-refractivity contribution < 1.29 is 14.2 Å². The van der Waals surface area contributed by atoms with Gasteiger partial charge >= 0.3 is 0 Å². The first-order chi connectivity index (χ1) is 15.0. The molecule has 9 heteroatoms. The van der Waals surface area contributed by atoms with Crippen molar-refractivity contribution in [3.8, 4) is 17.6 Å². The summed E-state index contributed by atoms with van der Waals surface area (Å²) in [5.74, 6) is 0.499. The van der Waals surface area contributed by atoms with Gasteiger partial charge in [-0.15, -0.1) is 11.3 Å². The Labute approximate surface area is 181 Å². The van der Waals surface area contributed by atoms with Gasteiger partial charge in [0.05, 0.1) is 18.0 Å². The highest BCUT2D eigenvalue weighted by Crippen LogP contribution is 2.49. The van der Waals surface area contributed by atoms with Gasteiger partial charge in [-0.05, 0) is 30.7 Å². The molecule has 0 bridgehead atoms. The summed E-state index contributed by atoms with van der Waals surface area (Å²) in [6.07, 6.45) is 1.84. The number of pyridine rings is 1. The van der Waals surface area contributed by atoms with Crippen LogP contribution in [0.15, 0.2) is 10.9 Å². The highest BCUT2D eigenvalue weighted by Gasteiger charge is 2.39. The fourth-order valence-electron chi connectivity index (χ4n) is 5.32. The minimum atomic E-state index is -0.494. The first-order valence-corrected chi connectivity index (χ1v) is 11.3. The number of hydrogen-bond donors (Lipinski definition) is 2. The molecule has 2 aliphatic heterocycles. The number of benzene rings is 1. The molecule has 0 spiro atoms. The van der Waals surface area contributed by atoms with E-state index in [-0.39, 0.29) is 27.4 Å². The van der Waals surface area contributed by atoms with Crippen LogP contribution in [0.25, 0.3) is 21.1 Å². The zero-order valence-electron chi connectivity index (χ0n) is 16.9. The van der Waals surface area contributed by atoms with Crippen LogP contribution in [0.5, 0.6) is 11.5 Å². The Morgan fingerprint density at radius 1 is 1.32 bits per heavy atom. The number of ether oxygens (including phenoxy) is 1. The molecule has 1 saturated carbocycles. The number of thiophene rings is 1. The van der Waals surface area contributed by atoms with Crippen LogP contribution >= 0.6 is 11.3 Å². The highest BCUT2D eigenvalue weighted by atomic mass is 32.1. The molecule has 3 aromatic rings. The molecule has 4 heterocycles. The van der Waals surface area contributed by atoms with Crippen LogP contribution in [0, 0.1) is 29.0 Å². The number of nitrogens with zero attached hydrogens (tertiary/aromatic N) is 3. The number of rotatable bonds is 3. The van der Waals surface area contributed by atoms with E-state index in [0.29, 0.717) is 33.6 Å². The standard InChI is InChI=1S/C22H21FN4O3S/c1-30-21-17-13(4-14(23)18(21)26-8-10-6-25-7-11(10)9-26)19(28)16-20(29)15(5-24)31-22(16)27(17)12-2-3-12/h4,10-12,25,29H,2-3,6-9H2,1H3/t10-,11+. The lowest BCUT2D eigenvalue weighted by Crippen LogP contribution is -2.27. The molecule has 31 heavy (non-hydrogen) atoms. The number of aromatic nitrogens is 1. The SMILES string of the molecule is COc1c(N2C[C@H]3CNC[C@H]3C2)c(F)cc2c(=O)c3c(O)c(C#N)sc3n(C3CC3)c12. The summed E-state index contributed by atoms with van der Waals surface area (Å²) in [5, 5.41) is 23.6. The van der Waals surface area contributed by atoms with Gasteiger partial charge in [0.25, 0.3) is 0 Å². The van der Waals surface area contributed by atoms with Crippen LogP contribution < -0.4 is 20.4 Å². The molecule has 2 saturated heterocycles. The normalized spacial score (nSPS) is 22.9. The maximum absolute atomic E-state index is 15.5. The summed E-state index contributed by atoms with van der Waals surface area (Å²) in [6.45, 7) is 3.34. The van der Waals surface area contributed by atoms with E-state index in [2.05, 4.69) is 5.32 Å². The van der Waals surface area contributed by atoms with Gasteiger partial charge in [0, 0.05) is 32.2 Å². The van der Waals surface area contributed by atoms with Gasteiger partial charge in [0.15, 0.2) is 17.3 Å². The number of hydrogen-bond acceptors (Lipinski definition) is 7. The quantitative estimate of drug-likeness (QED) is 0.651. The summed E-state index contributed by atoms with van der Waals surface area (Å²) in [7, 11) is 1.51. The van der Waals surface area contributed by atoms with E-state index >= 15 is 4.39 Å². The Bertz CT molecular complexity index is 1340. The Hall–Kier alpha value is -2.83. The molecule has 0 unspecified atom stereocenters. The molecular formula is C22H21FN4O3S. The molecule has 3 fully saturated rings. The van der Waals surface area contributed by atoms with Gasteiger partial charge in [-0.1, -0.05) is 0 Å². The van der Waals surface area contributed by atoms with Crippen LogP contribution in [0.1, 0.15) is 23.8 Å². The minimum absolute atomic E-state index is 0.0938. The molecule has 2 atom stereocenters. The fourth-order valence-corrected chi connectivity index (χ4v) is 6.39. The van der Waals surface area contributed by atoms with Gasteiger partial charge in [0.1, 0.15) is 26.9 Å². The average Bonchev–Trinajstić information content (AvgIpc) is 3.21. The zero-order valence-corrected chi connectivity index (χ0v) is 17.8. The van der Waals surface area contributed by atoms with Crippen molar-refractivity contribution in [1.82, 2.24) is 9.88 Å². The summed E-state index contributed by atoms with van der Waals surface area (Å²) in [5.41, 5.74) is 0.488. The van der Waals surface area contributed by atoms with E-state index in [1.165, 1.54) is 13.2 Å². The van der Waals surface area contributed by atoms with Crippen molar-refractivity contribution in [3.63, 3.8) is 0 Å². The summed E-state index contributed by atoms with van der Waals surface area (Å²) in [4.78, 5) is 16.0. The van der Waals surface area contributed by atoms with E-state index in [9.17, 15) is 15.2 Å². The highest BCUT2D eigenvalue weighted by molar-refractivity contribution is 7.19. The maximum Gasteiger partial charge on any atom is 0.202 e. The Morgan fingerprint density at radius 2 is 2.03 bits per heavy atom. The second-order valence-corrected chi connectivity index (χ2v) is 9.72. The molecule has 2 N–H and O–H groups in total. The number of methoxy groups -OCH3 is 1. The fraction of sp³-hybridized carbons (Fsp3) is 0.455. The minimum Gasteiger partial charge on any atom is -0.505 e. The zero-order chi connectivity index (χ0) is 21.4. The molecule has 0 amide bonds. The van der Waals surface area contributed by atoms with Crippen molar-refractivity contribution in [2.75, 3.05) is 38.2 Å². The second-order valence-electron chi connectivity index (χ2n) is 8.72. The first-order valence-electron chi connectivity index (χ1n) is 10.5. The largest absolute Gasteiger partial charge is 0.505 e. The average molecular weight is 441 g/mol. The second kappa shape index (κ2) is 6.58. The van der Waals surface area contributed by atoms with Gasteiger partial charge in [-0.25, -0.2) is 4.39 Å². The van der Waals surface area contributed by atoms with Crippen molar-refractivity contribution in [1.29, 1.82) is 5.26 Å². The topological polar surface area (TPSA) is 90.5 Å². The molecule has 3 aliphatic rings. The lowest BCUT2D eigenvalue weighted by atomic mass is 10.0. The van der Waals surface area contributed by atoms with E-state index < -0.39 is 11.2 Å². The number of halogens is 1. The molecule has 160 valence electrons. The molecular weight excluding hydrogens is 419 g/mol. The first kappa shape index (κ1) is 18.9. The van der Waals surface area contributed by atoms with Crippen molar-refractivity contribution in [2.24, 2.45) is 11.8 Å². The number of aromatic hydroxyl groups is 1. The third-order valence-corrected chi connectivity index (χ3v) is 7.98. The third-order valence-electron chi connectivity index (χ3n) is 6.90. The number of nitriles is 1. The third kappa shape index (κ3) is 2.55. The van der Waals surface area contributed by atoms with Gasteiger partial charge in [-0.3, -0.25) is 4.79 Å². The van der Waals surface area contributed by atoms with Crippen LogP contribution in [0.3, 0.4) is 0 Å². The molecule has 2 aromatic heterocycles. The molecule has 1 aromatic carbocycles. The monoisotopic (exact) mass is 440 g/mol. The molecule has 0 radical (unpaired) electrons. The Kier molecular flexibility index (Phi) is 4.01. The van der Waals surface area contributed by atoms with E-state index in [1.807, 2.05) is 15.5 Å². The van der Waals surface area contributed by atoms with E-state index in [0.717, 1.165) is 50.4 Å². The number of nitrogens with one attached hydrogen (secondary N) is 1. The van der Waals surface area contributed by atoms with Gasteiger partial charge < -0.3 is 24.6 Å². The summed E-state index contributed by atoms with van der Waals surface area (Å²) >= 11 is 1.10. The smallest absolute Gasteiger partial charge is 0.202 e. The molecule has 7 nitrogen and oxygen atoms in total. The van der Waals surface area contributed by atoms with Crippen LogP contribution in [-0.2, 0) is 0 Å². The molecule has 6 rings (SSSR count). The Morgan fingerprint density at radius 3 is 2.65 bits per heavy atom. The number of fused-ring (bicyclic) bond motifs is 3. The molecule has 1 aliphatic carbocycles. The van der Waals surface area contributed by atoms with E-state index in [1.54, 1.807) is 0 Å². The predicted octanol–water partition coefficient (Wildman–Crippen LogP) is 2.93. The summed E-state index contributed by atoms with van der Waals surface area (Å²) < 4.78 is 23.3. The van der Waals surface area contributed by atoms with Crippen LogP contribution in [-0.4, -0.2) is 43.0 Å². The van der Waals surface area contributed by atoms with Crippen molar-refractivity contribution >= 4 is 38.1 Å². The van der Waals surface area contributed by atoms with E-state index in [4.69, 9.17) is 4.74 Å². The lowest BCUT2D eigenvalue weighted by molar-refractivity contribution is 0.413. The van der Waals surface area contributed by atoms with Crippen LogP contribution in [0.2, 0.25) is 0 Å².